The molecule has 0 spiro atoms. The van der Waals surface area contributed by atoms with Gasteiger partial charge in [-0.1, -0.05) is 42.0 Å². The number of aryl methyl sites for hydroxylation is 1. The lowest BCUT2D eigenvalue weighted by atomic mass is 10.0. The largest absolute Gasteiger partial charge is 0.354 e. The van der Waals surface area contributed by atoms with E-state index in [1.165, 1.54) is 24.0 Å². The summed E-state index contributed by atoms with van der Waals surface area (Å²) in [5.41, 5.74) is 2.98. The third-order valence-electron chi connectivity index (χ3n) is 5.81. The SMILES string of the molecule is Cc1ccc(C(CNC(=O)CCN=C2NS(=O)(=O)c3ccccc32)N2CCCC2)cc1. The van der Waals surface area contributed by atoms with Crippen molar-refractivity contribution in [2.24, 2.45) is 4.99 Å². The van der Waals surface area contributed by atoms with Crippen LogP contribution in [0.1, 0.15) is 42.0 Å². The number of carbonyl (C=O) groups excluding carboxylic acids is 1. The molecule has 0 aliphatic carbocycles. The highest BCUT2D eigenvalue weighted by atomic mass is 32.2. The van der Waals surface area contributed by atoms with Gasteiger partial charge in [-0.3, -0.25) is 19.4 Å². The first-order chi connectivity index (χ1) is 14.9. The fourth-order valence-corrected chi connectivity index (χ4v) is 5.37. The molecule has 0 saturated carbocycles. The number of carbonyl (C=O) groups is 1. The first-order valence-electron chi connectivity index (χ1n) is 10.7. The second-order valence-electron chi connectivity index (χ2n) is 8.06. The number of hydrogen-bond donors (Lipinski definition) is 2. The summed E-state index contributed by atoms with van der Waals surface area (Å²) in [4.78, 5) is 19.4. The summed E-state index contributed by atoms with van der Waals surface area (Å²) < 4.78 is 26.8. The predicted molar refractivity (Wildman–Crippen MR) is 121 cm³/mol. The van der Waals surface area contributed by atoms with E-state index >= 15 is 0 Å². The fraction of sp³-hybridized carbons (Fsp3) is 0.391. The molecule has 2 aromatic carbocycles. The highest BCUT2D eigenvalue weighted by Gasteiger charge is 2.30. The van der Waals surface area contributed by atoms with Crippen LogP contribution in [-0.4, -0.2) is 51.2 Å². The van der Waals surface area contributed by atoms with E-state index in [9.17, 15) is 13.2 Å². The van der Waals surface area contributed by atoms with Crippen molar-refractivity contribution >= 4 is 21.8 Å². The van der Waals surface area contributed by atoms with E-state index in [-0.39, 0.29) is 29.8 Å². The molecule has 1 amide bonds. The van der Waals surface area contributed by atoms with Crippen LogP contribution in [0, 0.1) is 6.92 Å². The number of sulfonamides is 1. The van der Waals surface area contributed by atoms with Crippen LogP contribution in [0.3, 0.4) is 0 Å². The Morgan fingerprint density at radius 2 is 1.84 bits per heavy atom. The molecule has 1 atom stereocenters. The number of benzene rings is 2. The third kappa shape index (κ3) is 4.97. The van der Waals surface area contributed by atoms with E-state index in [0.29, 0.717) is 17.9 Å². The maximum atomic E-state index is 12.5. The molecule has 2 aromatic rings. The molecule has 8 heteroatoms. The zero-order valence-corrected chi connectivity index (χ0v) is 18.5. The number of nitrogens with one attached hydrogen (secondary N) is 2. The van der Waals surface area contributed by atoms with Crippen LogP contribution in [0.15, 0.2) is 58.4 Å². The molecule has 2 N–H and O–H groups in total. The van der Waals surface area contributed by atoms with Gasteiger partial charge in [0.1, 0.15) is 5.84 Å². The number of aliphatic imine (C=N–C) groups is 1. The molecule has 0 radical (unpaired) electrons. The van der Waals surface area contributed by atoms with Gasteiger partial charge < -0.3 is 5.32 Å². The lowest BCUT2D eigenvalue weighted by Gasteiger charge is -2.28. The molecule has 0 aromatic heterocycles. The van der Waals surface area contributed by atoms with Gasteiger partial charge in [0.25, 0.3) is 10.0 Å². The Morgan fingerprint density at radius 3 is 2.58 bits per heavy atom. The summed E-state index contributed by atoms with van der Waals surface area (Å²) in [5.74, 6) is 0.216. The van der Waals surface area contributed by atoms with Crippen LogP contribution in [0.2, 0.25) is 0 Å². The Kier molecular flexibility index (Phi) is 6.38. The summed E-state index contributed by atoms with van der Waals surface area (Å²) in [6, 6.07) is 15.4. The quantitative estimate of drug-likeness (QED) is 0.692. The topological polar surface area (TPSA) is 90.9 Å². The van der Waals surface area contributed by atoms with Gasteiger partial charge in [-0.15, -0.1) is 0 Å². The van der Waals surface area contributed by atoms with E-state index < -0.39 is 10.0 Å². The summed E-state index contributed by atoms with van der Waals surface area (Å²) in [6.07, 6.45) is 2.57. The number of hydrogen-bond acceptors (Lipinski definition) is 5. The van der Waals surface area contributed by atoms with Crippen molar-refractivity contribution in [1.29, 1.82) is 0 Å². The van der Waals surface area contributed by atoms with E-state index in [4.69, 9.17) is 0 Å². The third-order valence-corrected chi connectivity index (χ3v) is 7.20. The van der Waals surface area contributed by atoms with Gasteiger partial charge in [0.2, 0.25) is 5.91 Å². The summed E-state index contributed by atoms with van der Waals surface area (Å²) >= 11 is 0. The molecule has 7 nitrogen and oxygen atoms in total. The second-order valence-corrected chi connectivity index (χ2v) is 9.71. The van der Waals surface area contributed by atoms with Crippen LogP contribution in [-0.2, 0) is 14.8 Å². The lowest BCUT2D eigenvalue weighted by Crippen LogP contribution is -2.37. The standard InChI is InChI=1S/C23H28N4O3S/c1-17-8-10-18(11-9-17)20(27-14-4-5-15-27)16-25-22(28)12-13-24-23-19-6-2-3-7-21(19)31(29,30)26-23/h2-3,6-11,20H,4-5,12-16H2,1H3,(H,24,26)(H,25,28). The molecule has 1 saturated heterocycles. The van der Waals surface area contributed by atoms with E-state index in [1.54, 1.807) is 24.3 Å². The predicted octanol–water partition coefficient (Wildman–Crippen LogP) is 2.38. The van der Waals surface area contributed by atoms with Crippen LogP contribution in [0.5, 0.6) is 0 Å². The van der Waals surface area contributed by atoms with Gasteiger partial charge in [0.15, 0.2) is 0 Å². The van der Waals surface area contributed by atoms with Crippen molar-refractivity contribution in [3.63, 3.8) is 0 Å². The van der Waals surface area contributed by atoms with E-state index in [0.717, 1.165) is 13.1 Å². The van der Waals surface area contributed by atoms with E-state index in [1.807, 2.05) is 0 Å². The number of likely N-dealkylation sites (tertiary alicyclic amines) is 1. The Labute approximate surface area is 183 Å². The maximum absolute atomic E-state index is 12.5. The Balaban J connectivity index is 1.35. The van der Waals surface area contributed by atoms with Gasteiger partial charge >= 0.3 is 0 Å². The molecule has 164 valence electrons. The maximum Gasteiger partial charge on any atom is 0.263 e. The number of fused-ring (bicyclic) bond motifs is 1. The van der Waals surface area contributed by atoms with Crippen molar-refractivity contribution in [1.82, 2.24) is 14.9 Å². The van der Waals surface area contributed by atoms with Crippen LogP contribution in [0.4, 0.5) is 0 Å². The Hall–Kier alpha value is -2.71. The van der Waals surface area contributed by atoms with E-state index in [2.05, 4.69) is 51.1 Å². The van der Waals surface area contributed by atoms with Gasteiger partial charge in [-0.2, -0.15) is 0 Å². The van der Waals surface area contributed by atoms with Crippen LogP contribution >= 0.6 is 0 Å². The van der Waals surface area contributed by atoms with Crippen molar-refractivity contribution in [3.8, 4) is 0 Å². The second kappa shape index (κ2) is 9.20. The Bertz CT molecular complexity index is 1070. The summed E-state index contributed by atoms with van der Waals surface area (Å²) in [5, 5.41) is 3.05. The fourth-order valence-electron chi connectivity index (χ4n) is 4.12. The first kappa shape index (κ1) is 21.5. The molecule has 4 rings (SSSR count). The van der Waals surface area contributed by atoms with Crippen LogP contribution < -0.4 is 10.0 Å². The molecular weight excluding hydrogens is 412 g/mol. The van der Waals surface area contributed by atoms with Gasteiger partial charge in [0, 0.05) is 18.5 Å². The molecule has 2 heterocycles. The average molecular weight is 441 g/mol. The van der Waals surface area contributed by atoms with Crippen molar-refractivity contribution < 1.29 is 13.2 Å². The number of amides is 1. The first-order valence-corrected chi connectivity index (χ1v) is 12.2. The lowest BCUT2D eigenvalue weighted by molar-refractivity contribution is -0.121. The minimum Gasteiger partial charge on any atom is -0.354 e. The Morgan fingerprint density at radius 1 is 1.13 bits per heavy atom. The normalized spacial score (nSPS) is 19.7. The van der Waals surface area contributed by atoms with Crippen molar-refractivity contribution in [3.05, 3.63) is 65.2 Å². The molecule has 0 bridgehead atoms. The zero-order valence-electron chi connectivity index (χ0n) is 17.7. The van der Waals surface area contributed by atoms with Crippen LogP contribution in [0.25, 0.3) is 0 Å². The highest BCUT2D eigenvalue weighted by Crippen LogP contribution is 2.25. The number of amidine groups is 1. The van der Waals surface area contributed by atoms with Crippen molar-refractivity contribution in [2.75, 3.05) is 26.2 Å². The number of nitrogens with zero attached hydrogens (tertiary/aromatic N) is 2. The van der Waals surface area contributed by atoms with Gasteiger partial charge in [-0.05, 0) is 50.6 Å². The highest BCUT2D eigenvalue weighted by molar-refractivity contribution is 7.90. The number of rotatable bonds is 7. The summed E-state index contributed by atoms with van der Waals surface area (Å²) in [6.45, 7) is 4.93. The average Bonchev–Trinajstić information content (AvgIpc) is 3.37. The monoisotopic (exact) mass is 440 g/mol. The smallest absolute Gasteiger partial charge is 0.263 e. The minimum absolute atomic E-state index is 0.0882. The molecule has 2 aliphatic rings. The molecular formula is C23H28N4O3S. The van der Waals surface area contributed by atoms with Gasteiger partial charge in [0.05, 0.1) is 17.5 Å². The molecule has 1 fully saturated rings. The molecule has 31 heavy (non-hydrogen) atoms. The minimum atomic E-state index is -3.56. The molecule has 1 unspecified atom stereocenters. The van der Waals surface area contributed by atoms with Crippen molar-refractivity contribution in [2.45, 2.75) is 37.1 Å². The zero-order chi connectivity index (χ0) is 21.8. The molecule has 2 aliphatic heterocycles. The van der Waals surface area contributed by atoms with Gasteiger partial charge in [-0.25, -0.2) is 8.42 Å². The summed E-state index contributed by atoms with van der Waals surface area (Å²) in [7, 11) is -3.56.